The van der Waals surface area contributed by atoms with Crippen molar-refractivity contribution in [2.24, 2.45) is 0 Å². The molecule has 0 atom stereocenters. The molecule has 0 spiro atoms. The third-order valence-electron chi connectivity index (χ3n) is 6.75. The molecule has 0 aliphatic carbocycles. The SMILES string of the molecule is O=S(=O)(O)c1cc(N2c3nc4ccccc4nc3N(c3ccc(O)c(SOOO)c3)c3nc4ccccc4nc32)ccc1O. The van der Waals surface area contributed by atoms with E-state index in [2.05, 4.69) is 9.37 Å². The van der Waals surface area contributed by atoms with Gasteiger partial charge in [-0.1, -0.05) is 29.3 Å². The third-order valence-corrected chi connectivity index (χ3v) is 8.27. The molecule has 6 aromatic rings. The molecule has 3 heterocycles. The smallest absolute Gasteiger partial charge is 0.298 e. The first-order valence-corrected chi connectivity index (χ1v) is 14.8. The second-order valence-corrected chi connectivity index (χ2v) is 11.5. The fraction of sp³-hybridized carbons (Fsp3) is 0. The van der Waals surface area contributed by atoms with Crippen LogP contribution in [0.1, 0.15) is 0 Å². The summed E-state index contributed by atoms with van der Waals surface area (Å²) in [5.74, 6) is 0.125. The summed E-state index contributed by atoms with van der Waals surface area (Å²) in [6, 6.07) is 22.5. The van der Waals surface area contributed by atoms with E-state index in [1.165, 1.54) is 17.0 Å². The highest BCUT2D eigenvalue weighted by Gasteiger charge is 2.37. The number of hydrogen-bond donors (Lipinski definition) is 4. The average Bonchev–Trinajstić information content (AvgIpc) is 3.01. The number of anilines is 6. The summed E-state index contributed by atoms with van der Waals surface area (Å²) in [6.07, 6.45) is 0. The molecule has 1 aliphatic heterocycles. The van der Waals surface area contributed by atoms with E-state index in [4.69, 9.17) is 25.2 Å². The van der Waals surface area contributed by atoms with E-state index in [9.17, 15) is 23.2 Å². The van der Waals surface area contributed by atoms with Gasteiger partial charge in [0, 0.05) is 0 Å². The van der Waals surface area contributed by atoms with Crippen molar-refractivity contribution >= 4 is 78.9 Å². The Labute approximate surface area is 252 Å². The third kappa shape index (κ3) is 4.67. The Balaban J connectivity index is 1.57. The number of fused-ring (bicyclic) bond motifs is 4. The summed E-state index contributed by atoms with van der Waals surface area (Å²) in [7, 11) is -4.81. The monoisotopic (exact) mass is 630 g/mol. The molecule has 4 N–H and O–H groups in total. The van der Waals surface area contributed by atoms with Crippen LogP contribution in [0.4, 0.5) is 34.6 Å². The number of phenols is 2. The predicted molar refractivity (Wildman–Crippen MR) is 159 cm³/mol. The van der Waals surface area contributed by atoms with E-state index in [1.807, 2.05) is 0 Å². The number of phenolic OH excluding ortho intramolecular Hbond substituents is 2. The summed E-state index contributed by atoms with van der Waals surface area (Å²) < 4.78 is 38.7. The van der Waals surface area contributed by atoms with Crippen LogP contribution in [0.3, 0.4) is 0 Å². The van der Waals surface area contributed by atoms with Crippen molar-refractivity contribution in [3.8, 4) is 11.5 Å². The number of para-hydroxylation sites is 4. The standard InChI is InChI=1S/C28H18N6O8S2/c35-21-11-9-15(13-23(21)43-42-41-37)33-25-27(31-19-7-3-1-5-17(19)29-25)34(16-10-12-22(36)24(14-16)44(38,39)40)28-26(33)30-18-6-2-4-8-20(18)32-28/h1-14,35-37H,(H,38,39,40). The van der Waals surface area contributed by atoms with Gasteiger partial charge in [0.05, 0.1) is 50.4 Å². The van der Waals surface area contributed by atoms with Gasteiger partial charge in [-0.3, -0.25) is 14.4 Å². The fourth-order valence-corrected chi connectivity index (χ4v) is 5.89. The van der Waals surface area contributed by atoms with Crippen molar-refractivity contribution in [3.05, 3.63) is 84.9 Å². The first-order chi connectivity index (χ1) is 21.2. The molecule has 14 nitrogen and oxygen atoms in total. The Morgan fingerprint density at radius 2 is 1.07 bits per heavy atom. The van der Waals surface area contributed by atoms with Crippen molar-refractivity contribution in [3.63, 3.8) is 0 Å². The van der Waals surface area contributed by atoms with Gasteiger partial charge in [0.15, 0.2) is 23.3 Å². The van der Waals surface area contributed by atoms with Crippen molar-refractivity contribution in [2.45, 2.75) is 9.79 Å². The number of hydrogen-bond acceptors (Lipinski definition) is 14. The molecule has 0 unspecified atom stereocenters. The van der Waals surface area contributed by atoms with Gasteiger partial charge in [-0.15, -0.1) is 4.33 Å². The van der Waals surface area contributed by atoms with Crippen molar-refractivity contribution in [2.75, 3.05) is 9.80 Å². The van der Waals surface area contributed by atoms with Crippen LogP contribution in [0.2, 0.25) is 0 Å². The van der Waals surface area contributed by atoms with Crippen LogP contribution in [-0.4, -0.2) is 48.4 Å². The van der Waals surface area contributed by atoms with Gasteiger partial charge in [-0.2, -0.15) is 8.42 Å². The number of aromatic hydroxyl groups is 2. The zero-order chi connectivity index (χ0) is 30.6. The summed E-state index contributed by atoms with van der Waals surface area (Å²) >= 11 is 0.560. The fourth-order valence-electron chi connectivity index (χ4n) is 4.86. The van der Waals surface area contributed by atoms with E-state index in [0.29, 0.717) is 39.8 Å². The van der Waals surface area contributed by atoms with Crippen molar-refractivity contribution in [1.82, 2.24) is 19.9 Å². The minimum Gasteiger partial charge on any atom is -0.507 e. The van der Waals surface area contributed by atoms with E-state index in [1.54, 1.807) is 65.6 Å². The molecule has 2 aromatic heterocycles. The number of benzene rings is 4. The van der Waals surface area contributed by atoms with Crippen LogP contribution in [0, 0.1) is 0 Å². The minimum absolute atomic E-state index is 0.161. The van der Waals surface area contributed by atoms with Crippen LogP contribution in [-0.2, 0) is 19.5 Å². The maximum Gasteiger partial charge on any atom is 0.298 e. The summed E-state index contributed by atoms with van der Waals surface area (Å²) in [6.45, 7) is 0. The Bertz CT molecular complexity index is 2130. The number of nitrogens with zero attached hydrogens (tertiary/aromatic N) is 6. The van der Waals surface area contributed by atoms with Gasteiger partial charge < -0.3 is 10.2 Å². The van der Waals surface area contributed by atoms with E-state index >= 15 is 0 Å². The number of aromatic nitrogens is 4. The Kier molecular flexibility index (Phi) is 6.65. The van der Waals surface area contributed by atoms with E-state index in [0.717, 1.165) is 12.1 Å². The summed E-state index contributed by atoms with van der Waals surface area (Å²) in [5.41, 5.74) is 2.70. The Morgan fingerprint density at radius 1 is 0.636 bits per heavy atom. The molecule has 0 saturated carbocycles. The molecule has 0 bridgehead atoms. The second kappa shape index (κ2) is 10.6. The Morgan fingerprint density at radius 3 is 1.50 bits per heavy atom. The Hall–Kier alpha value is -5.10. The minimum atomic E-state index is -4.81. The molecule has 0 fully saturated rings. The van der Waals surface area contributed by atoms with Gasteiger partial charge >= 0.3 is 0 Å². The molecular formula is C28H18N6O8S2. The van der Waals surface area contributed by atoms with Gasteiger partial charge in [-0.25, -0.2) is 25.2 Å². The predicted octanol–water partition coefficient (Wildman–Crippen LogP) is 5.91. The van der Waals surface area contributed by atoms with Crippen LogP contribution >= 0.6 is 12.0 Å². The average molecular weight is 631 g/mol. The molecule has 16 heteroatoms. The molecule has 0 saturated heterocycles. The largest absolute Gasteiger partial charge is 0.507 e. The van der Waals surface area contributed by atoms with Crippen molar-refractivity contribution in [1.29, 1.82) is 0 Å². The summed E-state index contributed by atoms with van der Waals surface area (Å²) in [4.78, 5) is 22.2. The molecule has 1 aliphatic rings. The van der Waals surface area contributed by atoms with Crippen LogP contribution < -0.4 is 9.80 Å². The van der Waals surface area contributed by atoms with Crippen LogP contribution in [0.25, 0.3) is 22.1 Å². The molecule has 4 aromatic carbocycles. The van der Waals surface area contributed by atoms with E-state index < -0.39 is 20.8 Å². The molecule has 220 valence electrons. The lowest BCUT2D eigenvalue weighted by atomic mass is 10.2. The molecule has 44 heavy (non-hydrogen) atoms. The zero-order valence-corrected chi connectivity index (χ0v) is 23.6. The second-order valence-electron chi connectivity index (χ2n) is 9.39. The molecule has 0 radical (unpaired) electrons. The van der Waals surface area contributed by atoms with Crippen molar-refractivity contribution < 1.29 is 37.8 Å². The highest BCUT2D eigenvalue weighted by atomic mass is 32.2. The van der Waals surface area contributed by atoms with E-state index in [-0.39, 0.29) is 39.6 Å². The first-order valence-electron chi connectivity index (χ1n) is 12.6. The van der Waals surface area contributed by atoms with Crippen LogP contribution in [0.15, 0.2) is 94.7 Å². The van der Waals surface area contributed by atoms with Crippen LogP contribution in [0.5, 0.6) is 11.5 Å². The normalized spacial score (nSPS) is 12.9. The molecule has 0 amide bonds. The molecular weight excluding hydrogens is 612 g/mol. The number of rotatable bonds is 6. The topological polar surface area (TPSA) is 192 Å². The van der Waals surface area contributed by atoms with Gasteiger partial charge in [0.1, 0.15) is 16.4 Å². The maximum absolute atomic E-state index is 12.2. The van der Waals surface area contributed by atoms with Gasteiger partial charge in [-0.05, 0) is 60.7 Å². The van der Waals surface area contributed by atoms with Gasteiger partial charge in [0.25, 0.3) is 10.1 Å². The highest BCUT2D eigenvalue weighted by Crippen LogP contribution is 2.53. The molecule has 7 rings (SSSR count). The summed E-state index contributed by atoms with van der Waals surface area (Å²) in [5, 5.41) is 33.1. The lowest BCUT2D eigenvalue weighted by molar-refractivity contribution is -0.432. The highest BCUT2D eigenvalue weighted by molar-refractivity contribution is 7.94. The maximum atomic E-state index is 12.2. The first kappa shape index (κ1) is 27.7. The zero-order valence-electron chi connectivity index (χ0n) is 22.0. The lowest BCUT2D eigenvalue weighted by Crippen LogP contribution is -2.28. The van der Waals surface area contributed by atoms with Gasteiger partial charge in [0.2, 0.25) is 0 Å². The quantitative estimate of drug-likeness (QED) is 0.0733. The lowest BCUT2D eigenvalue weighted by Gasteiger charge is -2.37.